The molecule has 8 atom stereocenters. The first-order chi connectivity index (χ1) is 20.9. The maximum Gasteiger partial charge on any atom is 0.472 e. The largest absolute Gasteiger partial charge is 0.472 e. The molecule has 1 saturated carbocycles. The van der Waals surface area contributed by atoms with Crippen LogP contribution in [0.5, 0.6) is 0 Å². The number of hydrogen-bond donors (Lipinski definition) is 6. The van der Waals surface area contributed by atoms with E-state index >= 15 is 0 Å². The molecule has 0 spiro atoms. The number of rotatable bonds is 25. The van der Waals surface area contributed by atoms with Crippen molar-refractivity contribution in [1.29, 1.82) is 0 Å². The predicted molar refractivity (Wildman–Crippen MR) is 161 cm³/mol. The normalized spacial score (nSPS) is 25.7. The zero-order chi connectivity index (χ0) is 33.0. The zero-order valence-electron chi connectivity index (χ0n) is 26.5. The van der Waals surface area contributed by atoms with Crippen LogP contribution in [-0.2, 0) is 32.7 Å². The molecule has 0 aromatic heterocycles. The molecule has 13 nitrogen and oxygen atoms in total. The van der Waals surface area contributed by atoms with Crippen molar-refractivity contribution in [3.05, 3.63) is 0 Å². The van der Waals surface area contributed by atoms with Crippen molar-refractivity contribution in [2.24, 2.45) is 0 Å². The molecule has 6 unspecified atom stereocenters. The molecule has 6 N–H and O–H groups in total. The molecule has 0 radical (unpaired) electrons. The van der Waals surface area contributed by atoms with E-state index in [4.69, 9.17) is 18.5 Å². The fourth-order valence-corrected chi connectivity index (χ4v) is 5.94. The second kappa shape index (κ2) is 23.2. The summed E-state index contributed by atoms with van der Waals surface area (Å²) in [5.41, 5.74) is 0. The highest BCUT2D eigenvalue weighted by molar-refractivity contribution is 7.47. The molecule has 1 fully saturated rings. The van der Waals surface area contributed by atoms with Gasteiger partial charge in [0.2, 0.25) is 0 Å². The number of carbonyl (C=O) groups excluding carboxylic acids is 2. The molecule has 1 aliphatic rings. The lowest BCUT2D eigenvalue weighted by Crippen LogP contribution is -2.64. The Morgan fingerprint density at radius 2 is 1.07 bits per heavy atom. The van der Waals surface area contributed by atoms with Crippen molar-refractivity contribution in [2.75, 3.05) is 13.2 Å². The van der Waals surface area contributed by atoms with Gasteiger partial charge in [0, 0.05) is 12.8 Å². The number of phosphoric acid groups is 1. The number of esters is 2. The Bertz CT molecular complexity index is 813. The summed E-state index contributed by atoms with van der Waals surface area (Å²) in [6.45, 7) is 2.80. The smallest absolute Gasteiger partial charge is 0.462 e. The average molecular weight is 657 g/mol. The van der Waals surface area contributed by atoms with E-state index in [9.17, 15) is 44.6 Å². The summed E-state index contributed by atoms with van der Waals surface area (Å²) in [6, 6.07) is 0. The number of aliphatic hydroxyl groups excluding tert-OH is 5. The molecule has 0 aliphatic heterocycles. The fraction of sp³-hybridized carbons (Fsp3) is 0.933. The SMILES string of the molecule is CCCCCCCCCCCCCCCCC(=O)OC[C@H](COP(=O)(O)OC1C(O)C(O)C(O)[C@@H](O)C1O)OC(=O)CCC. The molecule has 0 saturated heterocycles. The molecule has 1 aliphatic carbocycles. The molecule has 14 heteroatoms. The summed E-state index contributed by atoms with van der Waals surface area (Å²) in [6.07, 6.45) is 4.17. The maximum atomic E-state index is 12.5. The maximum absolute atomic E-state index is 12.5. The molecular weight excluding hydrogens is 599 g/mol. The molecule has 44 heavy (non-hydrogen) atoms. The minimum absolute atomic E-state index is 0.0509. The quantitative estimate of drug-likeness (QED) is 0.0473. The number of carbonyl (C=O) groups is 2. The molecule has 260 valence electrons. The molecule has 0 aromatic rings. The summed E-state index contributed by atoms with van der Waals surface area (Å²) >= 11 is 0. The van der Waals surface area contributed by atoms with E-state index in [0.717, 1.165) is 19.3 Å². The third-order valence-electron chi connectivity index (χ3n) is 7.67. The van der Waals surface area contributed by atoms with Gasteiger partial charge in [-0.2, -0.15) is 0 Å². The van der Waals surface area contributed by atoms with Crippen molar-refractivity contribution in [1.82, 2.24) is 0 Å². The van der Waals surface area contributed by atoms with Crippen LogP contribution in [0, 0.1) is 0 Å². The van der Waals surface area contributed by atoms with Crippen LogP contribution in [0.1, 0.15) is 123 Å². The van der Waals surface area contributed by atoms with Crippen LogP contribution in [0.2, 0.25) is 0 Å². The number of unbranched alkanes of at least 4 members (excludes halogenated alkanes) is 13. The molecule has 0 bridgehead atoms. The van der Waals surface area contributed by atoms with Gasteiger partial charge in [-0.3, -0.25) is 18.6 Å². The Hall–Kier alpha value is -1.15. The summed E-state index contributed by atoms with van der Waals surface area (Å²) in [5.74, 6) is -1.16. The van der Waals surface area contributed by atoms with Crippen LogP contribution in [0.4, 0.5) is 0 Å². The van der Waals surface area contributed by atoms with Gasteiger partial charge in [0.05, 0.1) is 6.61 Å². The van der Waals surface area contributed by atoms with E-state index in [0.29, 0.717) is 12.8 Å². The Morgan fingerprint density at radius 3 is 1.55 bits per heavy atom. The molecule has 0 amide bonds. The molecule has 1 rings (SSSR count). The topological polar surface area (TPSA) is 210 Å². The van der Waals surface area contributed by atoms with E-state index in [1.807, 2.05) is 0 Å². The summed E-state index contributed by atoms with van der Waals surface area (Å²) in [5, 5.41) is 49.3. The fourth-order valence-electron chi connectivity index (χ4n) is 4.97. The van der Waals surface area contributed by atoms with Gasteiger partial charge in [-0.25, -0.2) is 4.57 Å². The monoisotopic (exact) mass is 656 g/mol. The average Bonchev–Trinajstić information content (AvgIpc) is 2.99. The van der Waals surface area contributed by atoms with E-state index in [1.165, 1.54) is 64.2 Å². The first-order valence-corrected chi connectivity index (χ1v) is 17.8. The summed E-state index contributed by atoms with van der Waals surface area (Å²) in [7, 11) is -5.07. The number of ether oxygens (including phenoxy) is 2. The third-order valence-corrected chi connectivity index (χ3v) is 8.65. The highest BCUT2D eigenvalue weighted by Gasteiger charge is 2.51. The van der Waals surface area contributed by atoms with E-state index in [1.54, 1.807) is 6.92 Å². The van der Waals surface area contributed by atoms with Crippen molar-refractivity contribution in [3.8, 4) is 0 Å². The predicted octanol–water partition coefficient (Wildman–Crippen LogP) is 3.43. The highest BCUT2D eigenvalue weighted by atomic mass is 31.2. The Morgan fingerprint density at radius 1 is 0.614 bits per heavy atom. The van der Waals surface area contributed by atoms with Crippen molar-refractivity contribution in [2.45, 2.75) is 166 Å². The van der Waals surface area contributed by atoms with Crippen LogP contribution < -0.4 is 0 Å². The summed E-state index contributed by atoms with van der Waals surface area (Å²) < 4.78 is 32.5. The van der Waals surface area contributed by atoms with Crippen LogP contribution in [0.3, 0.4) is 0 Å². The van der Waals surface area contributed by atoms with Crippen LogP contribution in [0.15, 0.2) is 0 Å². The number of phosphoric ester groups is 1. The van der Waals surface area contributed by atoms with Gasteiger partial charge in [-0.15, -0.1) is 0 Å². The highest BCUT2D eigenvalue weighted by Crippen LogP contribution is 2.47. The minimum atomic E-state index is -5.07. The Labute approximate surface area is 261 Å². The van der Waals surface area contributed by atoms with Gasteiger partial charge in [0.25, 0.3) is 0 Å². The number of hydrogen-bond acceptors (Lipinski definition) is 12. The van der Waals surface area contributed by atoms with Gasteiger partial charge >= 0.3 is 19.8 Å². The van der Waals surface area contributed by atoms with Gasteiger partial charge < -0.3 is 39.9 Å². The second-order valence-corrected chi connectivity index (χ2v) is 13.1. The molecular formula is C30H57O13P. The standard InChI is InChI=1S/C30H57O13P/c1-3-5-6-7-8-9-10-11-12-13-14-15-16-17-19-23(31)40-20-22(42-24(32)18-4-2)21-41-44(38,39)43-30-28(36)26(34)25(33)27(35)29(30)37/h22,25-30,33-37H,3-21H2,1-2H3,(H,38,39)/t22-,25?,26-,27?,28?,29?,30?/m1/s1. The third kappa shape index (κ3) is 17.0. The summed E-state index contributed by atoms with van der Waals surface area (Å²) in [4.78, 5) is 34.4. The lowest BCUT2D eigenvalue weighted by Gasteiger charge is -2.41. The van der Waals surface area contributed by atoms with Crippen molar-refractivity contribution >= 4 is 19.8 Å². The minimum Gasteiger partial charge on any atom is -0.462 e. The Kier molecular flexibility index (Phi) is 21.6. The number of aliphatic hydroxyl groups is 5. The molecule has 0 heterocycles. The second-order valence-electron chi connectivity index (χ2n) is 11.7. The van der Waals surface area contributed by atoms with Crippen LogP contribution >= 0.6 is 7.82 Å². The zero-order valence-corrected chi connectivity index (χ0v) is 27.4. The lowest BCUT2D eigenvalue weighted by atomic mass is 9.85. The van der Waals surface area contributed by atoms with Gasteiger partial charge in [0.1, 0.15) is 43.2 Å². The lowest BCUT2D eigenvalue weighted by molar-refractivity contribution is -0.220. The first kappa shape index (κ1) is 40.9. The van der Waals surface area contributed by atoms with Crippen molar-refractivity contribution in [3.63, 3.8) is 0 Å². The first-order valence-electron chi connectivity index (χ1n) is 16.3. The molecule has 0 aromatic carbocycles. The van der Waals surface area contributed by atoms with Gasteiger partial charge in [-0.1, -0.05) is 97.3 Å². The van der Waals surface area contributed by atoms with E-state index in [-0.39, 0.29) is 12.8 Å². The van der Waals surface area contributed by atoms with E-state index < -0.39 is 75.7 Å². The van der Waals surface area contributed by atoms with Crippen LogP contribution in [-0.4, -0.2) is 98.3 Å². The van der Waals surface area contributed by atoms with Crippen LogP contribution in [0.25, 0.3) is 0 Å². The van der Waals surface area contributed by atoms with Gasteiger partial charge in [0.15, 0.2) is 6.10 Å². The van der Waals surface area contributed by atoms with Crippen molar-refractivity contribution < 1.29 is 63.1 Å². The van der Waals surface area contributed by atoms with E-state index in [2.05, 4.69) is 6.92 Å². The van der Waals surface area contributed by atoms with Gasteiger partial charge in [-0.05, 0) is 12.8 Å². The Balaban J connectivity index is 2.36.